The van der Waals surface area contributed by atoms with Gasteiger partial charge in [-0.3, -0.25) is 0 Å². The van der Waals surface area contributed by atoms with Gasteiger partial charge in [0.05, 0.1) is 10.8 Å². The van der Waals surface area contributed by atoms with Gasteiger partial charge in [0.25, 0.3) is 0 Å². The van der Waals surface area contributed by atoms with Gasteiger partial charge in [0, 0.05) is 29.6 Å². The van der Waals surface area contributed by atoms with E-state index in [9.17, 15) is 8.42 Å². The Morgan fingerprint density at radius 1 is 1.56 bits per heavy atom. The molecule has 1 heterocycles. The summed E-state index contributed by atoms with van der Waals surface area (Å²) in [6.45, 7) is 0.523. The van der Waals surface area contributed by atoms with Crippen LogP contribution in [0.2, 0.25) is 0 Å². The fourth-order valence-electron chi connectivity index (χ4n) is 1.09. The van der Waals surface area contributed by atoms with Crippen LogP contribution in [-0.4, -0.2) is 38.3 Å². The van der Waals surface area contributed by atoms with E-state index in [2.05, 4.69) is 0 Å². The molecule has 1 rings (SSSR count). The molecule has 0 bridgehead atoms. The number of rotatable bonds is 6. The molecule has 0 amide bonds. The highest BCUT2D eigenvalue weighted by molar-refractivity contribution is 7.98. The molecular formula is C9H14ClNO2S3. The Kier molecular flexibility index (Phi) is 5.60. The van der Waals surface area contributed by atoms with E-state index in [-0.39, 0.29) is 0 Å². The summed E-state index contributed by atoms with van der Waals surface area (Å²) in [6.07, 6.45) is 1.96. The van der Waals surface area contributed by atoms with Crippen molar-refractivity contribution < 1.29 is 8.42 Å². The van der Waals surface area contributed by atoms with E-state index in [0.717, 1.165) is 10.6 Å². The first-order valence-electron chi connectivity index (χ1n) is 4.61. The van der Waals surface area contributed by atoms with Crippen LogP contribution in [0.5, 0.6) is 0 Å². The summed E-state index contributed by atoms with van der Waals surface area (Å²) in [6, 6.07) is 1.64. The molecule has 7 heteroatoms. The first-order chi connectivity index (χ1) is 7.52. The Morgan fingerprint density at radius 2 is 2.25 bits per heavy atom. The molecule has 16 heavy (non-hydrogen) atoms. The lowest BCUT2D eigenvalue weighted by atomic mass is 10.5. The Bertz CT molecular complexity index is 430. The molecule has 0 fully saturated rings. The lowest BCUT2D eigenvalue weighted by molar-refractivity contribution is 0.489. The first kappa shape index (κ1) is 14.3. The molecule has 0 radical (unpaired) electrons. The van der Waals surface area contributed by atoms with Crippen molar-refractivity contribution in [1.29, 1.82) is 0 Å². The average molecular weight is 300 g/mol. The quantitative estimate of drug-likeness (QED) is 0.757. The summed E-state index contributed by atoms with van der Waals surface area (Å²) in [5.74, 6) is 1.15. The van der Waals surface area contributed by atoms with E-state index < -0.39 is 10.0 Å². The summed E-state index contributed by atoms with van der Waals surface area (Å²) in [7, 11) is -1.73. The van der Waals surface area contributed by atoms with Crippen LogP contribution >= 0.6 is 34.7 Å². The highest BCUT2D eigenvalue weighted by atomic mass is 35.5. The maximum atomic E-state index is 12.0. The van der Waals surface area contributed by atoms with E-state index in [4.69, 9.17) is 11.6 Å². The normalized spacial score (nSPS) is 12.2. The maximum Gasteiger partial charge on any atom is 0.243 e. The van der Waals surface area contributed by atoms with Crippen molar-refractivity contribution in [3.05, 3.63) is 16.3 Å². The Balaban J connectivity index is 2.84. The third-order valence-electron chi connectivity index (χ3n) is 2.08. The van der Waals surface area contributed by atoms with Crippen LogP contribution in [-0.2, 0) is 15.9 Å². The van der Waals surface area contributed by atoms with Gasteiger partial charge >= 0.3 is 0 Å². The Morgan fingerprint density at radius 3 is 2.75 bits per heavy atom. The van der Waals surface area contributed by atoms with Crippen LogP contribution in [0.3, 0.4) is 0 Å². The van der Waals surface area contributed by atoms with Gasteiger partial charge in [0.15, 0.2) is 0 Å². The fraction of sp³-hybridized carbons (Fsp3) is 0.556. The third kappa shape index (κ3) is 3.37. The molecule has 0 saturated carbocycles. The molecule has 0 aliphatic heterocycles. The Labute approximate surface area is 110 Å². The predicted octanol–water partition coefficient (Wildman–Crippen LogP) is 2.47. The molecule has 0 atom stereocenters. The molecule has 1 aromatic rings. The maximum absolute atomic E-state index is 12.0. The summed E-state index contributed by atoms with van der Waals surface area (Å²) in [5.41, 5.74) is 0. The van der Waals surface area contributed by atoms with Gasteiger partial charge in [-0.15, -0.1) is 22.9 Å². The molecule has 0 aliphatic carbocycles. The van der Waals surface area contributed by atoms with Crippen LogP contribution in [0.15, 0.2) is 16.3 Å². The number of alkyl halides is 1. The van der Waals surface area contributed by atoms with Crippen molar-refractivity contribution in [2.45, 2.75) is 10.8 Å². The van der Waals surface area contributed by atoms with Gasteiger partial charge in [-0.1, -0.05) is 0 Å². The van der Waals surface area contributed by atoms with Crippen LogP contribution in [0, 0.1) is 0 Å². The molecule has 0 aromatic carbocycles. The van der Waals surface area contributed by atoms with E-state index in [0.29, 0.717) is 17.3 Å². The molecule has 92 valence electrons. The second kappa shape index (κ2) is 6.26. The lowest BCUT2D eigenvalue weighted by Gasteiger charge is -2.15. The minimum absolute atomic E-state index is 0.344. The number of sulfonamides is 1. The summed E-state index contributed by atoms with van der Waals surface area (Å²) in [4.78, 5) is 1.22. The molecule has 0 saturated heterocycles. The van der Waals surface area contributed by atoms with Crippen LogP contribution in [0.4, 0.5) is 0 Å². The van der Waals surface area contributed by atoms with E-state index >= 15 is 0 Å². The number of thioether (sulfide) groups is 1. The van der Waals surface area contributed by atoms with Crippen molar-refractivity contribution in [3.8, 4) is 0 Å². The molecule has 0 spiro atoms. The van der Waals surface area contributed by atoms with Crippen molar-refractivity contribution in [2.75, 3.05) is 25.6 Å². The summed E-state index contributed by atoms with van der Waals surface area (Å²) in [5, 5.41) is 1.64. The smallest absolute Gasteiger partial charge is 0.207 e. The van der Waals surface area contributed by atoms with E-state index in [1.54, 1.807) is 30.3 Å². The second-order valence-electron chi connectivity index (χ2n) is 3.20. The van der Waals surface area contributed by atoms with Crippen LogP contribution in [0.1, 0.15) is 4.88 Å². The summed E-state index contributed by atoms with van der Waals surface area (Å²) < 4.78 is 25.5. The van der Waals surface area contributed by atoms with Crippen LogP contribution in [0.25, 0.3) is 0 Å². The standard InChI is InChI=1S/C9H14ClNO2S3/c1-11(3-4-14-2)16(12,13)9-5-8(6-10)15-7-9/h5,7H,3-4,6H2,1-2H3. The molecule has 0 N–H and O–H groups in total. The van der Waals surface area contributed by atoms with Crippen LogP contribution < -0.4 is 0 Å². The minimum Gasteiger partial charge on any atom is -0.207 e. The fourth-order valence-corrected chi connectivity index (χ4v) is 4.21. The van der Waals surface area contributed by atoms with Gasteiger partial charge in [0.1, 0.15) is 0 Å². The molecule has 1 aromatic heterocycles. The molecule has 0 unspecified atom stereocenters. The zero-order chi connectivity index (χ0) is 12.2. The van der Waals surface area contributed by atoms with Gasteiger partial charge in [0.2, 0.25) is 10.0 Å². The lowest BCUT2D eigenvalue weighted by Crippen LogP contribution is -2.28. The van der Waals surface area contributed by atoms with Crippen molar-refractivity contribution in [1.82, 2.24) is 4.31 Å². The van der Waals surface area contributed by atoms with Gasteiger partial charge in [-0.05, 0) is 12.3 Å². The number of hydrogen-bond acceptors (Lipinski definition) is 4. The predicted molar refractivity (Wildman–Crippen MR) is 72.1 cm³/mol. The number of nitrogens with zero attached hydrogens (tertiary/aromatic N) is 1. The first-order valence-corrected chi connectivity index (χ1v) is 8.86. The molecular weight excluding hydrogens is 286 g/mol. The number of hydrogen-bond donors (Lipinski definition) is 0. The average Bonchev–Trinajstić information content (AvgIpc) is 2.74. The van der Waals surface area contributed by atoms with Crippen molar-refractivity contribution in [2.24, 2.45) is 0 Å². The van der Waals surface area contributed by atoms with Crippen molar-refractivity contribution >= 4 is 44.7 Å². The number of halogens is 1. The number of thiophene rings is 1. The van der Waals surface area contributed by atoms with E-state index in [1.807, 2.05) is 6.26 Å². The van der Waals surface area contributed by atoms with Gasteiger partial charge in [-0.25, -0.2) is 12.7 Å². The highest BCUT2D eigenvalue weighted by Crippen LogP contribution is 2.23. The largest absolute Gasteiger partial charge is 0.243 e. The zero-order valence-electron chi connectivity index (χ0n) is 9.14. The summed E-state index contributed by atoms with van der Waals surface area (Å²) >= 11 is 8.65. The Hall–Kier alpha value is 0.250. The SMILES string of the molecule is CSCCN(C)S(=O)(=O)c1csc(CCl)c1. The van der Waals surface area contributed by atoms with Gasteiger partial charge < -0.3 is 0 Å². The van der Waals surface area contributed by atoms with E-state index in [1.165, 1.54) is 15.6 Å². The molecule has 0 aliphatic rings. The monoisotopic (exact) mass is 299 g/mol. The third-order valence-corrected chi connectivity index (χ3v) is 6.04. The minimum atomic E-state index is -3.33. The topological polar surface area (TPSA) is 37.4 Å². The second-order valence-corrected chi connectivity index (χ2v) is 7.50. The zero-order valence-corrected chi connectivity index (χ0v) is 12.3. The molecule has 3 nitrogen and oxygen atoms in total. The van der Waals surface area contributed by atoms with Crippen molar-refractivity contribution in [3.63, 3.8) is 0 Å². The highest BCUT2D eigenvalue weighted by Gasteiger charge is 2.21. The van der Waals surface area contributed by atoms with Gasteiger partial charge in [-0.2, -0.15) is 11.8 Å².